The second kappa shape index (κ2) is 5.84. The molecule has 1 unspecified atom stereocenters. The zero-order chi connectivity index (χ0) is 13.8. The highest BCUT2D eigenvalue weighted by Gasteiger charge is 2.21. The van der Waals surface area contributed by atoms with Crippen LogP contribution in [0.2, 0.25) is 0 Å². The van der Waals surface area contributed by atoms with Crippen molar-refractivity contribution in [2.75, 3.05) is 11.9 Å². The van der Waals surface area contributed by atoms with E-state index >= 15 is 0 Å². The first-order valence-electron chi connectivity index (χ1n) is 6.89. The Bertz CT molecular complexity index is 592. The number of benzene rings is 1. The van der Waals surface area contributed by atoms with Crippen molar-refractivity contribution >= 4 is 11.6 Å². The molecule has 1 aliphatic heterocycles. The van der Waals surface area contributed by atoms with Gasteiger partial charge in [0.1, 0.15) is 0 Å². The van der Waals surface area contributed by atoms with Crippen molar-refractivity contribution in [2.45, 2.75) is 18.9 Å². The van der Waals surface area contributed by atoms with E-state index in [9.17, 15) is 4.79 Å². The van der Waals surface area contributed by atoms with Crippen LogP contribution in [0.25, 0.3) is 11.3 Å². The first kappa shape index (κ1) is 12.8. The molecule has 0 bridgehead atoms. The molecule has 4 nitrogen and oxygen atoms in total. The smallest absolute Gasteiger partial charge is 0.241 e. The summed E-state index contributed by atoms with van der Waals surface area (Å²) in [5.41, 5.74) is 2.70. The first-order valence-corrected chi connectivity index (χ1v) is 6.89. The minimum Gasteiger partial charge on any atom is -0.325 e. The Morgan fingerprint density at radius 3 is 2.85 bits per heavy atom. The molecule has 0 spiro atoms. The standard InChI is InChI=1S/C16H17N3O/c20-16(14-7-4-9-17-14)19-13-8-10-18-15(11-13)12-5-2-1-3-6-12/h1-3,5-6,8,10-11,14,17H,4,7,9H2,(H,18,19,20). The van der Waals surface area contributed by atoms with Gasteiger partial charge in [-0.25, -0.2) is 0 Å². The summed E-state index contributed by atoms with van der Waals surface area (Å²) in [7, 11) is 0. The normalized spacial score (nSPS) is 17.9. The molecule has 1 aliphatic rings. The highest BCUT2D eigenvalue weighted by Crippen LogP contribution is 2.20. The lowest BCUT2D eigenvalue weighted by Crippen LogP contribution is -2.35. The summed E-state index contributed by atoms with van der Waals surface area (Å²) in [5, 5.41) is 6.15. The largest absolute Gasteiger partial charge is 0.325 e. The number of rotatable bonds is 3. The first-order chi connectivity index (χ1) is 9.83. The molecular weight excluding hydrogens is 250 g/mol. The third kappa shape index (κ3) is 2.86. The summed E-state index contributed by atoms with van der Waals surface area (Å²) in [5.74, 6) is 0.0349. The SMILES string of the molecule is O=C(Nc1ccnc(-c2ccccc2)c1)C1CCCN1. The van der Waals surface area contributed by atoms with Crippen LogP contribution in [-0.2, 0) is 4.79 Å². The molecule has 1 atom stereocenters. The Kier molecular flexibility index (Phi) is 3.74. The Labute approximate surface area is 118 Å². The molecule has 1 amide bonds. The molecule has 1 fully saturated rings. The van der Waals surface area contributed by atoms with Gasteiger partial charge in [-0.3, -0.25) is 9.78 Å². The number of hydrogen-bond donors (Lipinski definition) is 2. The number of carbonyl (C=O) groups excluding carboxylic acids is 1. The van der Waals surface area contributed by atoms with E-state index in [0.717, 1.165) is 36.3 Å². The number of carbonyl (C=O) groups is 1. The summed E-state index contributed by atoms with van der Waals surface area (Å²) >= 11 is 0. The van der Waals surface area contributed by atoms with Gasteiger partial charge in [0.15, 0.2) is 0 Å². The van der Waals surface area contributed by atoms with Gasteiger partial charge in [-0.1, -0.05) is 30.3 Å². The van der Waals surface area contributed by atoms with E-state index < -0.39 is 0 Å². The lowest BCUT2D eigenvalue weighted by Gasteiger charge is -2.11. The molecule has 1 aromatic carbocycles. The molecule has 2 heterocycles. The summed E-state index contributed by atoms with van der Waals surface area (Å²) < 4.78 is 0. The Morgan fingerprint density at radius 1 is 1.25 bits per heavy atom. The van der Waals surface area contributed by atoms with Crippen LogP contribution in [0, 0.1) is 0 Å². The van der Waals surface area contributed by atoms with Gasteiger partial charge >= 0.3 is 0 Å². The van der Waals surface area contributed by atoms with Crippen LogP contribution < -0.4 is 10.6 Å². The van der Waals surface area contributed by atoms with Crippen molar-refractivity contribution < 1.29 is 4.79 Å². The third-order valence-corrected chi connectivity index (χ3v) is 3.47. The monoisotopic (exact) mass is 267 g/mol. The van der Waals surface area contributed by atoms with Crippen LogP contribution in [0.1, 0.15) is 12.8 Å². The number of aromatic nitrogens is 1. The van der Waals surface area contributed by atoms with E-state index in [2.05, 4.69) is 15.6 Å². The predicted molar refractivity (Wildman–Crippen MR) is 79.3 cm³/mol. The van der Waals surface area contributed by atoms with E-state index in [1.807, 2.05) is 42.5 Å². The summed E-state index contributed by atoms with van der Waals surface area (Å²) in [4.78, 5) is 16.4. The quantitative estimate of drug-likeness (QED) is 0.898. The van der Waals surface area contributed by atoms with E-state index in [1.54, 1.807) is 6.20 Å². The fourth-order valence-electron chi connectivity index (χ4n) is 2.41. The number of amides is 1. The van der Waals surface area contributed by atoms with E-state index in [0.29, 0.717) is 0 Å². The zero-order valence-corrected chi connectivity index (χ0v) is 11.2. The van der Waals surface area contributed by atoms with Crippen LogP contribution in [0.5, 0.6) is 0 Å². The molecule has 0 aliphatic carbocycles. The van der Waals surface area contributed by atoms with Crippen LogP contribution in [-0.4, -0.2) is 23.5 Å². The molecule has 0 saturated carbocycles. The van der Waals surface area contributed by atoms with Crippen LogP contribution >= 0.6 is 0 Å². The number of hydrogen-bond acceptors (Lipinski definition) is 3. The van der Waals surface area contributed by atoms with E-state index in [4.69, 9.17) is 0 Å². The molecule has 1 aromatic heterocycles. The Hall–Kier alpha value is -2.20. The molecule has 20 heavy (non-hydrogen) atoms. The minimum absolute atomic E-state index is 0.0349. The average Bonchev–Trinajstić information content (AvgIpc) is 3.03. The molecule has 0 radical (unpaired) electrons. The number of nitrogens with zero attached hydrogens (tertiary/aromatic N) is 1. The van der Waals surface area contributed by atoms with Gasteiger partial charge in [-0.15, -0.1) is 0 Å². The highest BCUT2D eigenvalue weighted by atomic mass is 16.2. The molecule has 1 saturated heterocycles. The lowest BCUT2D eigenvalue weighted by molar-refractivity contribution is -0.117. The Balaban J connectivity index is 1.76. The zero-order valence-electron chi connectivity index (χ0n) is 11.2. The van der Waals surface area contributed by atoms with Crippen molar-refractivity contribution in [3.8, 4) is 11.3 Å². The van der Waals surface area contributed by atoms with Gasteiger partial charge in [0.2, 0.25) is 5.91 Å². The third-order valence-electron chi connectivity index (χ3n) is 3.47. The second-order valence-corrected chi connectivity index (χ2v) is 4.93. The van der Waals surface area contributed by atoms with E-state index in [-0.39, 0.29) is 11.9 Å². The number of anilines is 1. The predicted octanol–water partition coefficient (Wildman–Crippen LogP) is 2.44. The summed E-state index contributed by atoms with van der Waals surface area (Å²) in [6, 6.07) is 13.6. The van der Waals surface area contributed by atoms with E-state index in [1.165, 1.54) is 0 Å². The van der Waals surface area contributed by atoms with Crippen molar-refractivity contribution in [3.05, 3.63) is 48.7 Å². The average molecular weight is 267 g/mol. The summed E-state index contributed by atoms with van der Waals surface area (Å²) in [6.45, 7) is 0.920. The van der Waals surface area contributed by atoms with Crippen molar-refractivity contribution in [1.82, 2.24) is 10.3 Å². The molecular formula is C16H17N3O. The molecule has 102 valence electrons. The second-order valence-electron chi connectivity index (χ2n) is 4.93. The van der Waals surface area contributed by atoms with Crippen molar-refractivity contribution in [1.29, 1.82) is 0 Å². The fraction of sp³-hybridized carbons (Fsp3) is 0.250. The lowest BCUT2D eigenvalue weighted by atomic mass is 10.1. The van der Waals surface area contributed by atoms with Crippen LogP contribution in [0.4, 0.5) is 5.69 Å². The topological polar surface area (TPSA) is 54.0 Å². The van der Waals surface area contributed by atoms with Crippen molar-refractivity contribution in [3.63, 3.8) is 0 Å². The van der Waals surface area contributed by atoms with Crippen molar-refractivity contribution in [2.24, 2.45) is 0 Å². The number of nitrogens with one attached hydrogen (secondary N) is 2. The molecule has 4 heteroatoms. The fourth-order valence-corrected chi connectivity index (χ4v) is 2.41. The maximum atomic E-state index is 12.1. The van der Waals surface area contributed by atoms with Gasteiger partial charge in [0.05, 0.1) is 11.7 Å². The van der Waals surface area contributed by atoms with Gasteiger partial charge in [-0.05, 0) is 31.5 Å². The van der Waals surface area contributed by atoms with Gasteiger partial charge < -0.3 is 10.6 Å². The highest BCUT2D eigenvalue weighted by molar-refractivity contribution is 5.95. The van der Waals surface area contributed by atoms with Gasteiger partial charge in [0, 0.05) is 17.4 Å². The van der Waals surface area contributed by atoms with Crippen LogP contribution in [0.3, 0.4) is 0 Å². The molecule has 3 rings (SSSR count). The maximum Gasteiger partial charge on any atom is 0.241 e. The minimum atomic E-state index is -0.0664. The van der Waals surface area contributed by atoms with Gasteiger partial charge in [0.25, 0.3) is 0 Å². The van der Waals surface area contributed by atoms with Gasteiger partial charge in [-0.2, -0.15) is 0 Å². The number of pyridine rings is 1. The molecule has 2 N–H and O–H groups in total. The maximum absolute atomic E-state index is 12.1. The molecule has 2 aromatic rings. The Morgan fingerprint density at radius 2 is 2.10 bits per heavy atom. The summed E-state index contributed by atoms with van der Waals surface area (Å²) in [6.07, 6.45) is 3.69. The van der Waals surface area contributed by atoms with Crippen LogP contribution in [0.15, 0.2) is 48.7 Å².